The van der Waals surface area contributed by atoms with E-state index in [2.05, 4.69) is 11.4 Å². The zero-order chi connectivity index (χ0) is 26.2. The predicted molar refractivity (Wildman–Crippen MR) is 143 cm³/mol. The topological polar surface area (TPSA) is 76.4 Å². The number of hydrogen-bond acceptors (Lipinski definition) is 4. The summed E-state index contributed by atoms with van der Waals surface area (Å²) in [7, 11) is 0. The van der Waals surface area contributed by atoms with E-state index in [0.717, 1.165) is 48.1 Å². The van der Waals surface area contributed by atoms with Gasteiger partial charge in [0, 0.05) is 23.2 Å². The molecule has 1 aromatic heterocycles. The third kappa shape index (κ3) is 7.17. The molecule has 1 heterocycles. The number of benzene rings is 2. The van der Waals surface area contributed by atoms with Gasteiger partial charge in [-0.2, -0.15) is 5.26 Å². The van der Waals surface area contributed by atoms with Crippen LogP contribution in [-0.4, -0.2) is 34.3 Å². The summed E-state index contributed by atoms with van der Waals surface area (Å²) < 4.78 is 13.5. The van der Waals surface area contributed by atoms with E-state index >= 15 is 0 Å². The molecule has 1 fully saturated rings. The molecule has 37 heavy (non-hydrogen) atoms. The molecule has 6 nitrogen and oxygen atoms in total. The molecular formula is C29H31FN4O2S. The Hall–Kier alpha value is -3.70. The smallest absolute Gasteiger partial charge is 0.322 e. The molecule has 3 aromatic rings. The fourth-order valence-corrected chi connectivity index (χ4v) is 5.57. The lowest BCUT2D eigenvalue weighted by molar-refractivity contribution is -0.133. The van der Waals surface area contributed by atoms with Gasteiger partial charge in [0.25, 0.3) is 0 Å². The number of rotatable bonds is 8. The van der Waals surface area contributed by atoms with Gasteiger partial charge in [0.1, 0.15) is 12.4 Å². The number of thiophene rings is 1. The van der Waals surface area contributed by atoms with Crippen molar-refractivity contribution < 1.29 is 14.0 Å². The van der Waals surface area contributed by atoms with Crippen molar-refractivity contribution in [2.75, 3.05) is 11.9 Å². The summed E-state index contributed by atoms with van der Waals surface area (Å²) in [5.41, 5.74) is 2.91. The van der Waals surface area contributed by atoms with Gasteiger partial charge in [-0.1, -0.05) is 37.5 Å². The van der Waals surface area contributed by atoms with Crippen LogP contribution in [-0.2, 0) is 17.9 Å². The molecule has 1 N–H and O–H groups in total. The van der Waals surface area contributed by atoms with E-state index in [1.807, 2.05) is 18.4 Å². The van der Waals surface area contributed by atoms with E-state index < -0.39 is 0 Å². The fourth-order valence-electron chi connectivity index (χ4n) is 4.65. The predicted octanol–water partition coefficient (Wildman–Crippen LogP) is 6.46. The van der Waals surface area contributed by atoms with Crippen molar-refractivity contribution in [3.8, 4) is 6.07 Å². The minimum Gasteiger partial charge on any atom is -0.332 e. The zero-order valence-electron chi connectivity index (χ0n) is 21.0. The Kier molecular flexibility index (Phi) is 8.91. The Morgan fingerprint density at radius 1 is 1.08 bits per heavy atom. The van der Waals surface area contributed by atoms with Crippen molar-refractivity contribution in [1.82, 2.24) is 9.80 Å². The van der Waals surface area contributed by atoms with Crippen molar-refractivity contribution in [1.29, 1.82) is 5.26 Å². The summed E-state index contributed by atoms with van der Waals surface area (Å²) in [6.45, 7) is 2.70. The molecule has 8 heteroatoms. The molecule has 1 aliphatic carbocycles. The molecule has 0 radical (unpaired) electrons. The molecule has 0 saturated heterocycles. The summed E-state index contributed by atoms with van der Waals surface area (Å²) in [5, 5.41) is 14.1. The largest absolute Gasteiger partial charge is 0.332 e. The van der Waals surface area contributed by atoms with Crippen molar-refractivity contribution in [2.45, 2.75) is 58.2 Å². The first-order chi connectivity index (χ1) is 17.9. The average Bonchev–Trinajstić information content (AvgIpc) is 3.32. The highest BCUT2D eigenvalue weighted by Gasteiger charge is 2.29. The lowest BCUT2D eigenvalue weighted by Gasteiger charge is -2.35. The molecule has 192 valence electrons. The van der Waals surface area contributed by atoms with Crippen LogP contribution in [0.2, 0.25) is 0 Å². The molecule has 3 amide bonds. The van der Waals surface area contributed by atoms with E-state index in [0.29, 0.717) is 24.3 Å². The van der Waals surface area contributed by atoms with Crippen LogP contribution in [0, 0.1) is 24.1 Å². The third-order valence-corrected chi connectivity index (χ3v) is 7.77. The minimum absolute atomic E-state index is 0.0343. The number of carbonyl (C=O) groups is 2. The molecule has 2 aromatic carbocycles. The summed E-state index contributed by atoms with van der Waals surface area (Å²) >= 11 is 1.59. The van der Waals surface area contributed by atoms with Gasteiger partial charge in [-0.05, 0) is 72.7 Å². The molecule has 1 aliphatic rings. The van der Waals surface area contributed by atoms with Crippen LogP contribution in [0.5, 0.6) is 0 Å². The van der Waals surface area contributed by atoms with Gasteiger partial charge in [0.05, 0.1) is 18.2 Å². The van der Waals surface area contributed by atoms with E-state index in [1.54, 1.807) is 57.5 Å². The maximum Gasteiger partial charge on any atom is 0.322 e. The molecule has 0 atom stereocenters. The average molecular weight is 519 g/mol. The number of anilines is 1. The highest BCUT2D eigenvalue weighted by Crippen LogP contribution is 2.25. The van der Waals surface area contributed by atoms with E-state index in [1.165, 1.54) is 12.1 Å². The standard InChI is InChI=1S/C29H31FN4O2S/c1-21-14-15-37-27(21)19-33(18-22-10-12-24(30)13-11-22)28(35)20-34(26-8-3-2-4-9-26)29(36)32-25-7-5-6-23(16-25)17-31/h5-7,10-16,26H,2-4,8-9,18-20H2,1H3,(H,32,36). The number of hydrogen-bond donors (Lipinski definition) is 1. The first-order valence-electron chi connectivity index (χ1n) is 12.6. The number of halogens is 1. The molecule has 0 bridgehead atoms. The number of amides is 3. The van der Waals surface area contributed by atoms with Crippen LogP contribution in [0.15, 0.2) is 60.0 Å². The van der Waals surface area contributed by atoms with Gasteiger partial charge >= 0.3 is 6.03 Å². The maximum atomic E-state index is 13.8. The Morgan fingerprint density at radius 2 is 1.84 bits per heavy atom. The van der Waals surface area contributed by atoms with Crippen LogP contribution in [0.3, 0.4) is 0 Å². The second-order valence-electron chi connectivity index (χ2n) is 9.45. The van der Waals surface area contributed by atoms with Crippen LogP contribution < -0.4 is 5.32 Å². The Labute approximate surface area is 221 Å². The van der Waals surface area contributed by atoms with Gasteiger partial charge in [0.15, 0.2) is 0 Å². The SMILES string of the molecule is Cc1ccsc1CN(Cc1ccc(F)cc1)C(=O)CN(C(=O)Nc1cccc(C#N)c1)C1CCCCC1. The number of nitrogens with zero attached hydrogens (tertiary/aromatic N) is 3. The highest BCUT2D eigenvalue weighted by molar-refractivity contribution is 7.10. The number of nitrogens with one attached hydrogen (secondary N) is 1. The van der Waals surface area contributed by atoms with Crippen molar-refractivity contribution in [3.05, 3.63) is 87.4 Å². The summed E-state index contributed by atoms with van der Waals surface area (Å²) in [6, 6.07) is 16.7. The summed E-state index contributed by atoms with van der Waals surface area (Å²) in [6.07, 6.45) is 4.85. The van der Waals surface area contributed by atoms with Gasteiger partial charge in [0.2, 0.25) is 5.91 Å². The molecule has 0 unspecified atom stereocenters. The number of urea groups is 1. The second kappa shape index (κ2) is 12.5. The molecule has 0 aliphatic heterocycles. The zero-order valence-corrected chi connectivity index (χ0v) is 21.8. The molecule has 0 spiro atoms. The maximum absolute atomic E-state index is 13.8. The lowest BCUT2D eigenvalue weighted by Crippen LogP contribution is -2.49. The van der Waals surface area contributed by atoms with Crippen LogP contribution in [0.25, 0.3) is 0 Å². The van der Waals surface area contributed by atoms with Crippen molar-refractivity contribution in [3.63, 3.8) is 0 Å². The molecule has 1 saturated carbocycles. The van der Waals surface area contributed by atoms with Crippen molar-refractivity contribution >= 4 is 29.0 Å². The lowest BCUT2D eigenvalue weighted by atomic mass is 9.94. The number of aryl methyl sites for hydroxylation is 1. The van der Waals surface area contributed by atoms with Crippen LogP contribution in [0.1, 0.15) is 53.7 Å². The monoisotopic (exact) mass is 518 g/mol. The first-order valence-corrected chi connectivity index (χ1v) is 13.4. The Bertz CT molecular complexity index is 1260. The van der Waals surface area contributed by atoms with Crippen LogP contribution in [0.4, 0.5) is 14.9 Å². The third-order valence-electron chi connectivity index (χ3n) is 6.77. The highest BCUT2D eigenvalue weighted by atomic mass is 32.1. The summed E-state index contributed by atoms with van der Waals surface area (Å²) in [4.78, 5) is 31.7. The molecular weight excluding hydrogens is 487 g/mol. The normalized spacial score (nSPS) is 13.5. The first kappa shape index (κ1) is 26.4. The quantitative estimate of drug-likeness (QED) is 0.372. The van der Waals surface area contributed by atoms with E-state index in [-0.39, 0.29) is 30.3 Å². The van der Waals surface area contributed by atoms with Gasteiger partial charge in [-0.25, -0.2) is 9.18 Å². The van der Waals surface area contributed by atoms with Gasteiger partial charge in [-0.15, -0.1) is 11.3 Å². The Balaban J connectivity index is 1.56. The van der Waals surface area contributed by atoms with E-state index in [4.69, 9.17) is 0 Å². The van der Waals surface area contributed by atoms with E-state index in [9.17, 15) is 19.2 Å². The molecule has 4 rings (SSSR count). The van der Waals surface area contributed by atoms with Gasteiger partial charge < -0.3 is 15.1 Å². The fraction of sp³-hybridized carbons (Fsp3) is 0.345. The number of nitriles is 1. The van der Waals surface area contributed by atoms with Crippen LogP contribution >= 0.6 is 11.3 Å². The van der Waals surface area contributed by atoms with Gasteiger partial charge in [-0.3, -0.25) is 4.79 Å². The van der Waals surface area contributed by atoms with Crippen molar-refractivity contribution in [2.24, 2.45) is 0 Å². The Morgan fingerprint density at radius 3 is 2.51 bits per heavy atom. The minimum atomic E-state index is -0.343. The number of carbonyl (C=O) groups excluding carboxylic acids is 2. The summed E-state index contributed by atoms with van der Waals surface area (Å²) in [5.74, 6) is -0.486. The second-order valence-corrected chi connectivity index (χ2v) is 10.4.